The van der Waals surface area contributed by atoms with Gasteiger partial charge in [-0.2, -0.15) is 26.3 Å². The molecule has 0 saturated carbocycles. The van der Waals surface area contributed by atoms with Gasteiger partial charge in [-0.05, 0) is 37.1 Å². The molecule has 0 unspecified atom stereocenters. The summed E-state index contributed by atoms with van der Waals surface area (Å²) >= 11 is 0. The lowest BCUT2D eigenvalue weighted by atomic mass is 9.90. The predicted molar refractivity (Wildman–Crippen MR) is 71.4 cm³/mol. The minimum absolute atomic E-state index is 0.0640. The minimum atomic E-state index is -4.87. The molecule has 0 fully saturated rings. The van der Waals surface area contributed by atoms with Gasteiger partial charge in [-0.15, -0.1) is 0 Å². The van der Waals surface area contributed by atoms with Gasteiger partial charge in [0.2, 0.25) is 0 Å². The lowest BCUT2D eigenvalue weighted by Crippen LogP contribution is -2.14. The van der Waals surface area contributed by atoms with Gasteiger partial charge in [-0.3, -0.25) is 0 Å². The zero-order valence-corrected chi connectivity index (χ0v) is 11.7. The minimum Gasteiger partial charge on any atom is -0.166 e. The molecular weight excluding hydrogens is 306 g/mol. The molecule has 22 heavy (non-hydrogen) atoms. The average Bonchev–Trinajstić information content (AvgIpc) is 2.36. The van der Waals surface area contributed by atoms with E-state index >= 15 is 0 Å². The molecule has 0 atom stereocenters. The van der Waals surface area contributed by atoms with Gasteiger partial charge in [0, 0.05) is 5.56 Å². The molecule has 0 bridgehead atoms. The Labute approximate surface area is 123 Å². The summed E-state index contributed by atoms with van der Waals surface area (Å²) in [5.74, 6) is 0. The Bertz CT molecular complexity index is 663. The van der Waals surface area contributed by atoms with E-state index < -0.39 is 29.0 Å². The highest BCUT2D eigenvalue weighted by Gasteiger charge is 2.41. The summed E-state index contributed by atoms with van der Waals surface area (Å²) in [7, 11) is 0. The molecule has 2 aromatic rings. The number of hydrogen-bond acceptors (Lipinski definition) is 0. The van der Waals surface area contributed by atoms with Crippen LogP contribution in [-0.4, -0.2) is 0 Å². The molecule has 6 heteroatoms. The molecule has 0 heterocycles. The van der Waals surface area contributed by atoms with Gasteiger partial charge in [-0.1, -0.05) is 29.8 Å². The largest absolute Gasteiger partial charge is 0.417 e. The average molecular weight is 318 g/mol. The van der Waals surface area contributed by atoms with Crippen LogP contribution in [0.2, 0.25) is 0 Å². The van der Waals surface area contributed by atoms with Crippen molar-refractivity contribution < 1.29 is 26.3 Å². The van der Waals surface area contributed by atoms with Crippen molar-refractivity contribution in [3.63, 3.8) is 0 Å². The zero-order chi connectivity index (χ0) is 16.7. The second-order valence-electron chi connectivity index (χ2n) is 5.04. The summed E-state index contributed by atoms with van der Waals surface area (Å²) in [5.41, 5.74) is -2.32. The number of benzene rings is 2. The molecule has 0 radical (unpaired) electrons. The monoisotopic (exact) mass is 318 g/mol. The van der Waals surface area contributed by atoms with Gasteiger partial charge in [-0.25, -0.2) is 0 Å². The van der Waals surface area contributed by atoms with Gasteiger partial charge in [0.25, 0.3) is 0 Å². The third kappa shape index (κ3) is 3.10. The van der Waals surface area contributed by atoms with Crippen LogP contribution in [0.1, 0.15) is 22.3 Å². The summed E-state index contributed by atoms with van der Waals surface area (Å²) in [4.78, 5) is 0. The molecular formula is C16H12F6. The quantitative estimate of drug-likeness (QED) is 0.565. The van der Waals surface area contributed by atoms with Gasteiger partial charge >= 0.3 is 12.4 Å². The van der Waals surface area contributed by atoms with Crippen LogP contribution < -0.4 is 0 Å². The maximum absolute atomic E-state index is 13.1. The van der Waals surface area contributed by atoms with E-state index in [0.29, 0.717) is 17.7 Å². The Morgan fingerprint density at radius 1 is 0.727 bits per heavy atom. The number of rotatable bonds is 1. The second kappa shape index (κ2) is 5.34. The predicted octanol–water partition coefficient (Wildman–Crippen LogP) is 6.01. The van der Waals surface area contributed by atoms with E-state index in [-0.39, 0.29) is 5.56 Å². The number of aryl methyl sites for hydroxylation is 2. The first kappa shape index (κ1) is 16.4. The Hall–Kier alpha value is -1.98. The van der Waals surface area contributed by atoms with Crippen molar-refractivity contribution in [2.24, 2.45) is 0 Å². The van der Waals surface area contributed by atoms with Gasteiger partial charge in [0.15, 0.2) is 0 Å². The van der Waals surface area contributed by atoms with Crippen LogP contribution in [0.3, 0.4) is 0 Å². The molecule has 0 aliphatic heterocycles. The first-order valence-electron chi connectivity index (χ1n) is 6.37. The molecule has 0 spiro atoms. The van der Waals surface area contributed by atoms with E-state index in [4.69, 9.17) is 0 Å². The van der Waals surface area contributed by atoms with Gasteiger partial charge < -0.3 is 0 Å². The summed E-state index contributed by atoms with van der Waals surface area (Å²) in [6, 6.07) is 6.47. The highest BCUT2D eigenvalue weighted by atomic mass is 19.4. The molecule has 0 aliphatic rings. The van der Waals surface area contributed by atoms with Crippen molar-refractivity contribution in [2.75, 3.05) is 0 Å². The first-order chi connectivity index (χ1) is 10.0. The highest BCUT2D eigenvalue weighted by molar-refractivity contribution is 5.75. The van der Waals surface area contributed by atoms with Crippen LogP contribution in [0.4, 0.5) is 26.3 Å². The molecule has 0 nitrogen and oxygen atoms in total. The van der Waals surface area contributed by atoms with Crippen molar-refractivity contribution in [1.82, 2.24) is 0 Å². The van der Waals surface area contributed by atoms with E-state index in [1.165, 1.54) is 19.1 Å². The Kier molecular flexibility index (Phi) is 3.98. The fourth-order valence-electron chi connectivity index (χ4n) is 2.41. The Morgan fingerprint density at radius 3 is 1.64 bits per heavy atom. The van der Waals surface area contributed by atoms with Gasteiger partial charge in [0.1, 0.15) is 0 Å². The number of hydrogen-bond donors (Lipinski definition) is 0. The summed E-state index contributed by atoms with van der Waals surface area (Å²) in [6.45, 7) is 3.22. The Balaban J connectivity index is 2.87. The highest BCUT2D eigenvalue weighted by Crippen LogP contribution is 2.45. The Morgan fingerprint density at radius 2 is 1.23 bits per heavy atom. The molecule has 0 N–H and O–H groups in total. The van der Waals surface area contributed by atoms with Crippen molar-refractivity contribution in [1.29, 1.82) is 0 Å². The van der Waals surface area contributed by atoms with Gasteiger partial charge in [0.05, 0.1) is 11.1 Å². The van der Waals surface area contributed by atoms with Crippen molar-refractivity contribution in [3.8, 4) is 11.1 Å². The van der Waals surface area contributed by atoms with Crippen molar-refractivity contribution in [3.05, 3.63) is 58.7 Å². The van der Waals surface area contributed by atoms with Crippen molar-refractivity contribution >= 4 is 0 Å². The summed E-state index contributed by atoms with van der Waals surface area (Å²) in [6.07, 6.45) is -9.73. The van der Waals surface area contributed by atoms with Crippen LogP contribution in [0, 0.1) is 13.8 Å². The van der Waals surface area contributed by atoms with Crippen LogP contribution in [0.25, 0.3) is 11.1 Å². The molecule has 118 valence electrons. The van der Waals surface area contributed by atoms with Crippen LogP contribution >= 0.6 is 0 Å². The normalized spacial score (nSPS) is 12.5. The van der Waals surface area contributed by atoms with Crippen LogP contribution in [0.5, 0.6) is 0 Å². The van der Waals surface area contributed by atoms with Crippen LogP contribution in [0.15, 0.2) is 36.4 Å². The van der Waals surface area contributed by atoms with E-state index in [9.17, 15) is 26.3 Å². The fraction of sp³-hybridized carbons (Fsp3) is 0.250. The maximum Gasteiger partial charge on any atom is 0.417 e. The van der Waals surface area contributed by atoms with E-state index in [2.05, 4.69) is 0 Å². The zero-order valence-electron chi connectivity index (χ0n) is 11.7. The van der Waals surface area contributed by atoms with Crippen molar-refractivity contribution in [2.45, 2.75) is 26.2 Å². The molecule has 2 rings (SSSR count). The standard InChI is InChI=1S/C16H12F6/c1-9-6-7-11(10(2)8-9)14-12(15(17,18)19)4-3-5-13(14)16(20,21)22/h3-8H,1-2H3. The summed E-state index contributed by atoms with van der Waals surface area (Å²) < 4.78 is 78.9. The third-order valence-electron chi connectivity index (χ3n) is 3.33. The first-order valence-corrected chi connectivity index (χ1v) is 6.37. The smallest absolute Gasteiger partial charge is 0.166 e. The van der Waals surface area contributed by atoms with E-state index in [1.54, 1.807) is 13.0 Å². The molecule has 2 aromatic carbocycles. The number of halogens is 6. The van der Waals surface area contributed by atoms with Crippen LogP contribution in [-0.2, 0) is 12.4 Å². The summed E-state index contributed by atoms with van der Waals surface area (Å²) in [5, 5.41) is 0. The van der Waals surface area contributed by atoms with E-state index in [1.807, 2.05) is 0 Å². The molecule has 0 saturated heterocycles. The molecule has 0 aromatic heterocycles. The topological polar surface area (TPSA) is 0 Å². The SMILES string of the molecule is Cc1ccc(-c2c(C(F)(F)F)cccc2C(F)(F)F)c(C)c1. The lowest BCUT2D eigenvalue weighted by molar-refractivity contribution is -0.142. The lowest BCUT2D eigenvalue weighted by Gasteiger charge is -2.20. The second-order valence-corrected chi connectivity index (χ2v) is 5.04. The molecule has 0 amide bonds. The third-order valence-corrected chi connectivity index (χ3v) is 3.33. The maximum atomic E-state index is 13.1. The fourth-order valence-corrected chi connectivity index (χ4v) is 2.41. The molecule has 0 aliphatic carbocycles. The van der Waals surface area contributed by atoms with E-state index in [0.717, 1.165) is 11.6 Å². The number of alkyl halides is 6.